The van der Waals surface area contributed by atoms with Gasteiger partial charge in [0.2, 0.25) is 0 Å². The molecule has 0 saturated carbocycles. The van der Waals surface area contributed by atoms with Crippen LogP contribution < -0.4 is 10.2 Å². The van der Waals surface area contributed by atoms with Crippen molar-refractivity contribution in [2.45, 2.75) is 19.8 Å². The van der Waals surface area contributed by atoms with E-state index < -0.39 is 24.3 Å². The third-order valence-electron chi connectivity index (χ3n) is 4.38. The largest absolute Gasteiger partial charge is 0.452 e. The van der Waals surface area contributed by atoms with E-state index >= 15 is 0 Å². The second-order valence-electron chi connectivity index (χ2n) is 6.32. The number of hydrogen-bond donors (Lipinski definition) is 1. The fourth-order valence-corrected chi connectivity index (χ4v) is 2.95. The molecule has 6 heteroatoms. The van der Waals surface area contributed by atoms with Crippen molar-refractivity contribution in [3.63, 3.8) is 0 Å². The normalized spacial score (nSPS) is 13.5. The number of aryl methyl sites for hydroxylation is 1. The Bertz CT molecular complexity index is 799. The molecule has 1 aliphatic heterocycles. The molecule has 0 aromatic heterocycles. The summed E-state index contributed by atoms with van der Waals surface area (Å²) >= 11 is 0. The van der Waals surface area contributed by atoms with Crippen molar-refractivity contribution >= 4 is 23.3 Å². The molecule has 1 aliphatic rings. The number of rotatable bonds is 5. The molecule has 0 unspecified atom stereocenters. The number of ether oxygens (including phenoxy) is 1. The molecule has 1 amide bonds. The Hall–Kier alpha value is -2.89. The Morgan fingerprint density at radius 1 is 1.12 bits per heavy atom. The van der Waals surface area contributed by atoms with E-state index in [1.165, 1.54) is 25.0 Å². The summed E-state index contributed by atoms with van der Waals surface area (Å²) in [6.07, 6.45) is 2.41. The summed E-state index contributed by atoms with van der Waals surface area (Å²) in [5.74, 6) is -1.69. The average molecular weight is 356 g/mol. The lowest BCUT2D eigenvalue weighted by atomic mass is 10.1. The van der Waals surface area contributed by atoms with Crippen molar-refractivity contribution in [1.82, 2.24) is 0 Å². The third kappa shape index (κ3) is 4.39. The molecule has 5 nitrogen and oxygen atoms in total. The Morgan fingerprint density at radius 3 is 2.50 bits per heavy atom. The highest BCUT2D eigenvalue weighted by Crippen LogP contribution is 2.22. The topological polar surface area (TPSA) is 58.6 Å². The minimum absolute atomic E-state index is 0.118. The van der Waals surface area contributed by atoms with Gasteiger partial charge in [0.25, 0.3) is 5.91 Å². The predicted molar refractivity (Wildman–Crippen MR) is 97.9 cm³/mol. The van der Waals surface area contributed by atoms with E-state index in [9.17, 15) is 14.0 Å². The number of amides is 1. The van der Waals surface area contributed by atoms with Gasteiger partial charge in [-0.05, 0) is 61.7 Å². The van der Waals surface area contributed by atoms with Crippen LogP contribution in [-0.4, -0.2) is 31.6 Å². The lowest BCUT2D eigenvalue weighted by Crippen LogP contribution is -2.21. The predicted octanol–water partition coefficient (Wildman–Crippen LogP) is 3.53. The zero-order valence-corrected chi connectivity index (χ0v) is 14.6. The SMILES string of the molecule is Cc1ccc(F)cc1C(=O)OCC(=O)Nc1ccc(N2CCCC2)cc1. The number of carbonyl (C=O) groups excluding carboxylic acids is 2. The zero-order valence-electron chi connectivity index (χ0n) is 14.6. The van der Waals surface area contributed by atoms with Crippen molar-refractivity contribution in [2.75, 3.05) is 29.9 Å². The lowest BCUT2D eigenvalue weighted by Gasteiger charge is -2.17. The monoisotopic (exact) mass is 356 g/mol. The van der Waals surface area contributed by atoms with E-state index in [0.717, 1.165) is 24.8 Å². The van der Waals surface area contributed by atoms with E-state index in [-0.39, 0.29) is 5.56 Å². The van der Waals surface area contributed by atoms with Crippen LogP contribution in [0.4, 0.5) is 15.8 Å². The first-order valence-corrected chi connectivity index (χ1v) is 8.61. The van der Waals surface area contributed by atoms with Crippen LogP contribution in [0.1, 0.15) is 28.8 Å². The maximum atomic E-state index is 13.2. The summed E-state index contributed by atoms with van der Waals surface area (Å²) in [7, 11) is 0. The quantitative estimate of drug-likeness (QED) is 0.833. The summed E-state index contributed by atoms with van der Waals surface area (Å²) in [5, 5.41) is 2.68. The Morgan fingerprint density at radius 2 is 1.81 bits per heavy atom. The number of anilines is 2. The molecule has 0 bridgehead atoms. The van der Waals surface area contributed by atoms with Crippen LogP contribution in [0.5, 0.6) is 0 Å². The molecule has 1 heterocycles. The van der Waals surface area contributed by atoms with Gasteiger partial charge in [0, 0.05) is 24.5 Å². The van der Waals surface area contributed by atoms with Gasteiger partial charge in [0.15, 0.2) is 6.61 Å². The minimum atomic E-state index is -0.721. The molecule has 0 aliphatic carbocycles. The third-order valence-corrected chi connectivity index (χ3v) is 4.38. The average Bonchev–Trinajstić information content (AvgIpc) is 3.17. The molecule has 0 atom stereocenters. The molecule has 1 saturated heterocycles. The number of halogens is 1. The van der Waals surface area contributed by atoms with Crippen LogP contribution in [0.3, 0.4) is 0 Å². The molecular formula is C20H21FN2O3. The molecule has 2 aromatic rings. The van der Waals surface area contributed by atoms with Gasteiger partial charge in [-0.2, -0.15) is 0 Å². The van der Waals surface area contributed by atoms with Crippen LogP contribution in [0.15, 0.2) is 42.5 Å². The van der Waals surface area contributed by atoms with Crippen molar-refractivity contribution in [2.24, 2.45) is 0 Å². The minimum Gasteiger partial charge on any atom is -0.452 e. The fourth-order valence-electron chi connectivity index (χ4n) is 2.95. The highest BCUT2D eigenvalue weighted by molar-refractivity contribution is 5.96. The van der Waals surface area contributed by atoms with E-state index in [0.29, 0.717) is 11.3 Å². The van der Waals surface area contributed by atoms with E-state index in [1.807, 2.05) is 24.3 Å². The maximum Gasteiger partial charge on any atom is 0.339 e. The number of carbonyl (C=O) groups is 2. The van der Waals surface area contributed by atoms with Crippen molar-refractivity contribution < 1.29 is 18.7 Å². The van der Waals surface area contributed by atoms with E-state index in [1.54, 1.807) is 6.92 Å². The zero-order chi connectivity index (χ0) is 18.5. The molecule has 0 spiro atoms. The number of nitrogens with one attached hydrogen (secondary N) is 1. The summed E-state index contributed by atoms with van der Waals surface area (Å²) in [5.41, 5.74) is 2.48. The standard InChI is InChI=1S/C20H21FN2O3/c1-14-4-5-15(21)12-18(14)20(25)26-13-19(24)22-16-6-8-17(9-7-16)23-10-2-3-11-23/h4-9,12H,2-3,10-11,13H2,1H3,(H,22,24). The fraction of sp³-hybridized carbons (Fsp3) is 0.300. The molecule has 26 heavy (non-hydrogen) atoms. The van der Waals surface area contributed by atoms with Crippen LogP contribution >= 0.6 is 0 Å². The van der Waals surface area contributed by atoms with E-state index in [4.69, 9.17) is 4.74 Å². The molecule has 0 radical (unpaired) electrons. The highest BCUT2D eigenvalue weighted by Gasteiger charge is 2.15. The van der Waals surface area contributed by atoms with Crippen LogP contribution in [0.2, 0.25) is 0 Å². The van der Waals surface area contributed by atoms with Gasteiger partial charge in [-0.1, -0.05) is 6.07 Å². The summed E-state index contributed by atoms with van der Waals surface area (Å²) < 4.78 is 18.2. The van der Waals surface area contributed by atoms with Gasteiger partial charge in [-0.25, -0.2) is 9.18 Å². The van der Waals surface area contributed by atoms with Gasteiger partial charge in [0.05, 0.1) is 5.56 Å². The van der Waals surface area contributed by atoms with Crippen LogP contribution in [0.25, 0.3) is 0 Å². The first-order chi connectivity index (χ1) is 12.5. The maximum absolute atomic E-state index is 13.2. The van der Waals surface area contributed by atoms with Crippen LogP contribution in [0, 0.1) is 12.7 Å². The van der Waals surface area contributed by atoms with Gasteiger partial charge < -0.3 is 15.0 Å². The lowest BCUT2D eigenvalue weighted by molar-refractivity contribution is -0.119. The van der Waals surface area contributed by atoms with Gasteiger partial charge in [-0.3, -0.25) is 4.79 Å². The smallest absolute Gasteiger partial charge is 0.339 e. The Kier molecular flexibility index (Phi) is 5.51. The second kappa shape index (κ2) is 7.99. The van der Waals surface area contributed by atoms with Gasteiger partial charge in [-0.15, -0.1) is 0 Å². The molecule has 3 rings (SSSR count). The van der Waals surface area contributed by atoms with Crippen molar-refractivity contribution in [3.8, 4) is 0 Å². The van der Waals surface area contributed by atoms with Crippen LogP contribution in [-0.2, 0) is 9.53 Å². The summed E-state index contributed by atoms with van der Waals surface area (Å²) in [6.45, 7) is 3.36. The number of hydrogen-bond acceptors (Lipinski definition) is 4. The van der Waals surface area contributed by atoms with Crippen molar-refractivity contribution in [1.29, 1.82) is 0 Å². The first-order valence-electron chi connectivity index (χ1n) is 8.61. The molecule has 2 aromatic carbocycles. The Labute approximate surface area is 151 Å². The molecule has 136 valence electrons. The van der Waals surface area contributed by atoms with Gasteiger partial charge >= 0.3 is 5.97 Å². The Balaban J connectivity index is 1.52. The summed E-state index contributed by atoms with van der Waals surface area (Å²) in [6, 6.07) is 11.4. The summed E-state index contributed by atoms with van der Waals surface area (Å²) in [4.78, 5) is 26.3. The van der Waals surface area contributed by atoms with E-state index in [2.05, 4.69) is 10.2 Å². The molecule has 1 N–H and O–H groups in total. The van der Waals surface area contributed by atoms with Gasteiger partial charge in [0.1, 0.15) is 5.82 Å². The number of benzene rings is 2. The number of esters is 1. The second-order valence-corrected chi connectivity index (χ2v) is 6.32. The van der Waals surface area contributed by atoms with Crippen molar-refractivity contribution in [3.05, 3.63) is 59.4 Å². The number of nitrogens with zero attached hydrogens (tertiary/aromatic N) is 1. The molecule has 1 fully saturated rings. The highest BCUT2D eigenvalue weighted by atomic mass is 19.1. The first kappa shape index (κ1) is 17.9. The molecular weight excluding hydrogens is 335 g/mol.